The summed E-state index contributed by atoms with van der Waals surface area (Å²) in [5.41, 5.74) is 4.95. The Kier molecular flexibility index (Phi) is 7.23. The van der Waals surface area contributed by atoms with E-state index < -0.39 is 11.9 Å². The molecular formula is C32H31N3O5. The second-order valence-electron chi connectivity index (χ2n) is 10.4. The molecule has 0 aromatic heterocycles. The van der Waals surface area contributed by atoms with Gasteiger partial charge in [-0.05, 0) is 48.9 Å². The molecule has 2 aromatic carbocycles. The van der Waals surface area contributed by atoms with Crippen LogP contribution in [0.25, 0.3) is 0 Å². The molecule has 2 aromatic rings. The Balaban J connectivity index is 1.15. The van der Waals surface area contributed by atoms with Gasteiger partial charge in [0.15, 0.2) is 0 Å². The maximum atomic E-state index is 13.1. The zero-order valence-corrected chi connectivity index (χ0v) is 22.1. The summed E-state index contributed by atoms with van der Waals surface area (Å²) in [6.45, 7) is 0.629. The van der Waals surface area contributed by atoms with Crippen LogP contribution >= 0.6 is 0 Å². The number of piperidine rings is 1. The Hall–Kier alpha value is -4.59. The van der Waals surface area contributed by atoms with Crippen LogP contribution in [0, 0.1) is 0 Å². The Morgan fingerprint density at radius 1 is 1.02 bits per heavy atom. The highest BCUT2D eigenvalue weighted by molar-refractivity contribution is 6.05. The first-order valence-electron chi connectivity index (χ1n) is 13.7. The molecule has 8 nitrogen and oxygen atoms in total. The highest BCUT2D eigenvalue weighted by Gasteiger charge is 2.40. The van der Waals surface area contributed by atoms with Crippen LogP contribution in [0.5, 0.6) is 5.75 Å². The second-order valence-corrected chi connectivity index (χ2v) is 10.4. The number of hydrogen-bond donors (Lipinski definition) is 1. The van der Waals surface area contributed by atoms with Crippen LogP contribution in [-0.2, 0) is 27.5 Å². The molecule has 2 atom stereocenters. The third-order valence-electron chi connectivity index (χ3n) is 7.84. The van der Waals surface area contributed by atoms with Gasteiger partial charge in [0, 0.05) is 29.9 Å². The average molecular weight is 538 g/mol. The van der Waals surface area contributed by atoms with Gasteiger partial charge in [-0.15, -0.1) is 0 Å². The predicted octanol–water partition coefficient (Wildman–Crippen LogP) is 5.01. The molecule has 3 amide bonds. The lowest BCUT2D eigenvalue weighted by molar-refractivity contribution is -0.136. The third-order valence-corrected chi connectivity index (χ3v) is 7.84. The van der Waals surface area contributed by atoms with Gasteiger partial charge in [0.05, 0.1) is 12.6 Å². The quantitative estimate of drug-likeness (QED) is 0.477. The second kappa shape index (κ2) is 11.3. The average Bonchev–Trinajstić information content (AvgIpc) is 3.32. The first-order chi connectivity index (χ1) is 19.6. The molecule has 3 heterocycles. The maximum Gasteiger partial charge on any atom is 0.255 e. The lowest BCUT2D eigenvalue weighted by Crippen LogP contribution is -2.52. The van der Waals surface area contributed by atoms with Crippen LogP contribution in [-0.4, -0.2) is 33.6 Å². The van der Waals surface area contributed by atoms with E-state index >= 15 is 0 Å². The van der Waals surface area contributed by atoms with E-state index in [1.54, 1.807) is 29.6 Å². The van der Waals surface area contributed by atoms with Gasteiger partial charge in [-0.1, -0.05) is 54.1 Å². The van der Waals surface area contributed by atoms with Crippen LogP contribution in [0.3, 0.4) is 0 Å². The SMILES string of the molecule is O=C1CCC(N2Cc3c(OCc4ccc(C(CC5=CC=CCC5)N5C=COC=C5)cc4)cccc3C2=O)C(=O)N1. The lowest BCUT2D eigenvalue weighted by Gasteiger charge is -2.30. The first kappa shape index (κ1) is 25.7. The molecule has 1 N–H and O–H groups in total. The zero-order valence-electron chi connectivity index (χ0n) is 22.1. The first-order valence-corrected chi connectivity index (χ1v) is 13.7. The summed E-state index contributed by atoms with van der Waals surface area (Å²) >= 11 is 0. The molecule has 4 aliphatic rings. The van der Waals surface area contributed by atoms with Crippen molar-refractivity contribution >= 4 is 17.7 Å². The van der Waals surface area contributed by atoms with Crippen LogP contribution in [0.1, 0.15) is 65.2 Å². The number of amides is 3. The summed E-state index contributed by atoms with van der Waals surface area (Å²) in [6, 6.07) is 13.3. The van der Waals surface area contributed by atoms with Crippen LogP contribution in [0.15, 0.2) is 91.2 Å². The van der Waals surface area contributed by atoms with Gasteiger partial charge in [-0.2, -0.15) is 0 Å². The van der Waals surface area contributed by atoms with Crippen molar-refractivity contribution in [3.8, 4) is 5.75 Å². The highest BCUT2D eigenvalue weighted by Crippen LogP contribution is 2.35. The number of rotatable bonds is 8. The monoisotopic (exact) mass is 537 g/mol. The van der Waals surface area contributed by atoms with Gasteiger partial charge in [-0.25, -0.2) is 0 Å². The van der Waals surface area contributed by atoms with Crippen molar-refractivity contribution in [2.45, 2.75) is 57.3 Å². The number of ether oxygens (including phenoxy) is 2. The van der Waals surface area contributed by atoms with Crippen molar-refractivity contribution in [2.24, 2.45) is 0 Å². The van der Waals surface area contributed by atoms with Crippen molar-refractivity contribution in [1.29, 1.82) is 0 Å². The molecule has 0 radical (unpaired) electrons. The van der Waals surface area contributed by atoms with Gasteiger partial charge < -0.3 is 19.3 Å². The van der Waals surface area contributed by atoms with E-state index in [0.717, 1.165) is 30.4 Å². The minimum Gasteiger partial charge on any atom is -0.489 e. The van der Waals surface area contributed by atoms with E-state index in [-0.39, 0.29) is 30.8 Å². The van der Waals surface area contributed by atoms with E-state index in [4.69, 9.17) is 9.47 Å². The van der Waals surface area contributed by atoms with Crippen LogP contribution < -0.4 is 10.1 Å². The number of nitrogens with zero attached hydrogens (tertiary/aromatic N) is 2. The number of nitrogens with one attached hydrogen (secondary N) is 1. The van der Waals surface area contributed by atoms with Gasteiger partial charge in [0.1, 0.15) is 30.9 Å². The van der Waals surface area contributed by atoms with E-state index in [0.29, 0.717) is 24.3 Å². The van der Waals surface area contributed by atoms with Crippen molar-refractivity contribution < 1.29 is 23.9 Å². The van der Waals surface area contributed by atoms with Gasteiger partial charge >= 0.3 is 0 Å². The minimum absolute atomic E-state index is 0.144. The molecule has 1 saturated heterocycles. The molecule has 1 aliphatic carbocycles. The minimum atomic E-state index is -0.650. The predicted molar refractivity (Wildman–Crippen MR) is 148 cm³/mol. The number of hydrogen-bond acceptors (Lipinski definition) is 6. The topological polar surface area (TPSA) is 88.2 Å². The fraction of sp³-hybridized carbons (Fsp3) is 0.281. The summed E-state index contributed by atoms with van der Waals surface area (Å²) in [7, 11) is 0. The van der Waals surface area contributed by atoms with E-state index in [9.17, 15) is 14.4 Å². The largest absolute Gasteiger partial charge is 0.489 e. The normalized spacial score (nSPS) is 20.6. The number of carbonyl (C=O) groups is 3. The van der Waals surface area contributed by atoms with Crippen molar-refractivity contribution in [3.05, 3.63) is 113 Å². The Labute approximate surface area is 233 Å². The molecule has 0 spiro atoms. The summed E-state index contributed by atoms with van der Waals surface area (Å²) in [5, 5.41) is 2.35. The number of imide groups is 1. The fourth-order valence-electron chi connectivity index (χ4n) is 5.67. The Bertz CT molecular complexity index is 1430. The van der Waals surface area contributed by atoms with Gasteiger partial charge in [0.2, 0.25) is 11.8 Å². The van der Waals surface area contributed by atoms with Crippen molar-refractivity contribution in [1.82, 2.24) is 15.1 Å². The van der Waals surface area contributed by atoms with Crippen molar-refractivity contribution in [2.75, 3.05) is 0 Å². The van der Waals surface area contributed by atoms with E-state index in [1.807, 2.05) is 18.5 Å². The molecule has 2 unspecified atom stereocenters. The van der Waals surface area contributed by atoms with Crippen LogP contribution in [0.2, 0.25) is 0 Å². The van der Waals surface area contributed by atoms with Gasteiger partial charge in [0.25, 0.3) is 5.91 Å². The van der Waals surface area contributed by atoms with Crippen molar-refractivity contribution in [3.63, 3.8) is 0 Å². The number of carbonyl (C=O) groups excluding carboxylic acids is 3. The summed E-state index contributed by atoms with van der Waals surface area (Å²) < 4.78 is 11.5. The summed E-state index contributed by atoms with van der Waals surface area (Å²) in [5.74, 6) is -0.297. The zero-order chi connectivity index (χ0) is 27.5. The number of fused-ring (bicyclic) bond motifs is 1. The molecule has 40 heavy (non-hydrogen) atoms. The number of allylic oxidation sites excluding steroid dienone is 3. The molecule has 3 aliphatic heterocycles. The lowest BCUT2D eigenvalue weighted by atomic mass is 9.92. The molecule has 0 saturated carbocycles. The molecule has 204 valence electrons. The van der Waals surface area contributed by atoms with E-state index in [1.165, 1.54) is 11.1 Å². The highest BCUT2D eigenvalue weighted by atomic mass is 16.5. The molecular weight excluding hydrogens is 506 g/mol. The molecule has 8 heteroatoms. The van der Waals surface area contributed by atoms with E-state index in [2.05, 4.69) is 52.7 Å². The maximum absolute atomic E-state index is 13.1. The van der Waals surface area contributed by atoms with Gasteiger partial charge in [-0.3, -0.25) is 19.7 Å². The Morgan fingerprint density at radius 2 is 1.85 bits per heavy atom. The molecule has 0 bridgehead atoms. The fourth-order valence-corrected chi connectivity index (χ4v) is 5.67. The Morgan fingerprint density at radius 3 is 2.60 bits per heavy atom. The molecule has 6 rings (SSSR count). The number of benzene rings is 2. The summed E-state index contributed by atoms with van der Waals surface area (Å²) in [6.07, 6.45) is 17.5. The summed E-state index contributed by atoms with van der Waals surface area (Å²) in [4.78, 5) is 40.8. The molecule has 1 fully saturated rings. The standard InChI is InChI=1S/C32H31N3O5/c36-30-14-13-27(31(37)33-30)35-20-26-25(32(35)38)7-4-8-29(26)40-21-23-9-11-24(12-10-23)28(34-15-17-39-18-16-34)19-22-5-2-1-3-6-22/h1-2,4-5,7-12,15-18,27-28H,3,6,13-14,19-21H2,(H,33,36,37). The smallest absolute Gasteiger partial charge is 0.255 e. The van der Waals surface area contributed by atoms with Crippen LogP contribution in [0.4, 0.5) is 0 Å². The third kappa shape index (κ3) is 5.30.